The van der Waals surface area contributed by atoms with Gasteiger partial charge < -0.3 is 9.84 Å². The van der Waals surface area contributed by atoms with Crippen LogP contribution >= 0.6 is 0 Å². The first-order valence-corrected chi connectivity index (χ1v) is 6.40. The fraction of sp³-hybridized carbons (Fsp3) is 0.846. The van der Waals surface area contributed by atoms with Gasteiger partial charge in [0.1, 0.15) is 0 Å². The highest BCUT2D eigenvalue weighted by atomic mass is 16.5. The fourth-order valence-electron chi connectivity index (χ4n) is 2.61. The minimum atomic E-state index is -0.828. The molecule has 0 aliphatic heterocycles. The summed E-state index contributed by atoms with van der Waals surface area (Å²) in [5.74, 6) is -0.461. The number of carboxylic acid groups (broad SMARTS) is 1. The lowest BCUT2D eigenvalue weighted by Crippen LogP contribution is -2.15. The Bertz CT molecular complexity index is 256. The summed E-state index contributed by atoms with van der Waals surface area (Å²) in [5, 5.41) is 8.81. The van der Waals surface area contributed by atoms with Gasteiger partial charge in [-0.3, -0.25) is 9.59 Å². The predicted octanol–water partition coefficient (Wildman–Crippen LogP) is 2.61. The molecule has 1 saturated carbocycles. The second kappa shape index (κ2) is 7.30. The van der Waals surface area contributed by atoms with E-state index in [4.69, 9.17) is 5.11 Å². The predicted molar refractivity (Wildman–Crippen MR) is 63.6 cm³/mol. The molecule has 0 aromatic carbocycles. The van der Waals surface area contributed by atoms with Crippen molar-refractivity contribution >= 4 is 11.9 Å². The minimum absolute atomic E-state index is 0.0689. The SMILES string of the molecule is COC(=O)CC(CCC1CCCC1)CC(=O)O. The summed E-state index contributed by atoms with van der Waals surface area (Å²) < 4.78 is 4.60. The quantitative estimate of drug-likeness (QED) is 0.697. The maximum Gasteiger partial charge on any atom is 0.305 e. The Balaban J connectivity index is 2.33. The van der Waals surface area contributed by atoms with Crippen molar-refractivity contribution in [3.63, 3.8) is 0 Å². The third-order valence-corrected chi connectivity index (χ3v) is 3.60. The van der Waals surface area contributed by atoms with Gasteiger partial charge in [-0.1, -0.05) is 32.1 Å². The molecule has 1 aliphatic carbocycles. The second-order valence-corrected chi connectivity index (χ2v) is 4.97. The van der Waals surface area contributed by atoms with Gasteiger partial charge in [0.05, 0.1) is 7.11 Å². The van der Waals surface area contributed by atoms with Gasteiger partial charge in [-0.25, -0.2) is 0 Å². The smallest absolute Gasteiger partial charge is 0.305 e. The lowest BCUT2D eigenvalue weighted by Gasteiger charge is -2.16. The zero-order chi connectivity index (χ0) is 12.7. The van der Waals surface area contributed by atoms with Gasteiger partial charge in [0, 0.05) is 12.8 Å². The largest absolute Gasteiger partial charge is 0.481 e. The topological polar surface area (TPSA) is 63.6 Å². The average Bonchev–Trinajstić information content (AvgIpc) is 2.77. The van der Waals surface area contributed by atoms with Crippen LogP contribution in [-0.2, 0) is 14.3 Å². The summed E-state index contributed by atoms with van der Waals surface area (Å²) >= 11 is 0. The number of esters is 1. The fourth-order valence-corrected chi connectivity index (χ4v) is 2.61. The van der Waals surface area contributed by atoms with Crippen LogP contribution in [-0.4, -0.2) is 24.2 Å². The van der Waals surface area contributed by atoms with Crippen LogP contribution in [0.15, 0.2) is 0 Å². The lowest BCUT2D eigenvalue weighted by molar-refractivity contribution is -0.143. The molecule has 1 atom stereocenters. The molecule has 4 nitrogen and oxygen atoms in total. The van der Waals surface area contributed by atoms with Crippen LogP contribution in [0.5, 0.6) is 0 Å². The molecule has 0 aromatic rings. The normalized spacial score (nSPS) is 17.9. The molecule has 17 heavy (non-hydrogen) atoms. The first-order valence-electron chi connectivity index (χ1n) is 6.40. The standard InChI is InChI=1S/C13H22O4/c1-17-13(16)9-11(8-12(14)15)7-6-10-4-2-3-5-10/h10-11H,2-9H2,1H3,(H,14,15). The second-order valence-electron chi connectivity index (χ2n) is 4.97. The van der Waals surface area contributed by atoms with Crippen molar-refractivity contribution in [3.05, 3.63) is 0 Å². The van der Waals surface area contributed by atoms with Gasteiger partial charge >= 0.3 is 11.9 Å². The van der Waals surface area contributed by atoms with Crippen LogP contribution in [0, 0.1) is 11.8 Å². The Labute approximate surface area is 102 Å². The van der Waals surface area contributed by atoms with Crippen LogP contribution < -0.4 is 0 Å². The summed E-state index contributed by atoms with van der Waals surface area (Å²) in [4.78, 5) is 21.9. The zero-order valence-electron chi connectivity index (χ0n) is 10.5. The van der Waals surface area contributed by atoms with Crippen LogP contribution in [0.2, 0.25) is 0 Å². The van der Waals surface area contributed by atoms with Crippen molar-refractivity contribution in [1.82, 2.24) is 0 Å². The van der Waals surface area contributed by atoms with Gasteiger partial charge in [0.2, 0.25) is 0 Å². The monoisotopic (exact) mass is 242 g/mol. The van der Waals surface area contributed by atoms with E-state index in [1.165, 1.54) is 32.8 Å². The third kappa shape index (κ3) is 5.71. The summed E-state index contributed by atoms with van der Waals surface area (Å²) in [7, 11) is 1.34. The van der Waals surface area contributed by atoms with Gasteiger partial charge in [-0.05, 0) is 18.3 Å². The highest BCUT2D eigenvalue weighted by Gasteiger charge is 2.21. The van der Waals surface area contributed by atoms with E-state index in [2.05, 4.69) is 4.74 Å². The molecular weight excluding hydrogens is 220 g/mol. The summed E-state index contributed by atoms with van der Waals surface area (Å²) in [5.41, 5.74) is 0. The maximum atomic E-state index is 11.2. The highest BCUT2D eigenvalue weighted by molar-refractivity contribution is 5.72. The van der Waals surface area contributed by atoms with E-state index in [0.717, 1.165) is 18.8 Å². The molecule has 0 amide bonds. The molecule has 1 unspecified atom stereocenters. The van der Waals surface area contributed by atoms with Crippen LogP contribution in [0.25, 0.3) is 0 Å². The molecule has 1 rings (SSSR count). The number of rotatable bonds is 7. The van der Waals surface area contributed by atoms with Gasteiger partial charge in [0.25, 0.3) is 0 Å². The molecule has 0 heterocycles. The first-order chi connectivity index (χ1) is 8.11. The summed E-state index contributed by atoms with van der Waals surface area (Å²) in [6, 6.07) is 0. The minimum Gasteiger partial charge on any atom is -0.481 e. The van der Waals surface area contributed by atoms with Crippen molar-refractivity contribution in [2.75, 3.05) is 7.11 Å². The lowest BCUT2D eigenvalue weighted by atomic mass is 9.90. The van der Waals surface area contributed by atoms with E-state index in [0.29, 0.717) is 0 Å². The molecule has 4 heteroatoms. The van der Waals surface area contributed by atoms with Crippen molar-refractivity contribution in [2.45, 2.75) is 51.4 Å². The Hall–Kier alpha value is -1.06. The Morgan fingerprint density at radius 3 is 2.47 bits per heavy atom. The van der Waals surface area contributed by atoms with E-state index >= 15 is 0 Å². The molecule has 98 valence electrons. The van der Waals surface area contributed by atoms with Gasteiger partial charge in [-0.15, -0.1) is 0 Å². The number of methoxy groups -OCH3 is 1. The van der Waals surface area contributed by atoms with Crippen LogP contribution in [0.1, 0.15) is 51.4 Å². The Kier molecular flexibility index (Phi) is 6.01. The molecule has 0 aromatic heterocycles. The number of hydrogen-bond acceptors (Lipinski definition) is 3. The van der Waals surface area contributed by atoms with Crippen molar-refractivity contribution < 1.29 is 19.4 Å². The van der Waals surface area contributed by atoms with E-state index in [-0.39, 0.29) is 24.7 Å². The Morgan fingerprint density at radius 1 is 1.29 bits per heavy atom. The van der Waals surface area contributed by atoms with Gasteiger partial charge in [0.15, 0.2) is 0 Å². The number of carboxylic acids is 1. The number of hydrogen-bond donors (Lipinski definition) is 1. The van der Waals surface area contributed by atoms with E-state index in [9.17, 15) is 9.59 Å². The highest BCUT2D eigenvalue weighted by Crippen LogP contribution is 2.31. The van der Waals surface area contributed by atoms with Crippen LogP contribution in [0.3, 0.4) is 0 Å². The molecular formula is C13H22O4. The van der Waals surface area contributed by atoms with E-state index in [1.807, 2.05) is 0 Å². The van der Waals surface area contributed by atoms with E-state index < -0.39 is 5.97 Å². The molecule has 0 radical (unpaired) electrons. The van der Waals surface area contributed by atoms with Crippen LogP contribution in [0.4, 0.5) is 0 Å². The molecule has 0 bridgehead atoms. The molecule has 1 fully saturated rings. The van der Waals surface area contributed by atoms with E-state index in [1.54, 1.807) is 0 Å². The first kappa shape index (κ1) is 14.0. The number of carbonyl (C=O) groups is 2. The van der Waals surface area contributed by atoms with Crippen molar-refractivity contribution in [2.24, 2.45) is 11.8 Å². The third-order valence-electron chi connectivity index (χ3n) is 3.60. The van der Waals surface area contributed by atoms with Gasteiger partial charge in [-0.2, -0.15) is 0 Å². The number of carbonyl (C=O) groups excluding carboxylic acids is 1. The molecule has 1 N–H and O–H groups in total. The van der Waals surface area contributed by atoms with Crippen molar-refractivity contribution in [3.8, 4) is 0 Å². The average molecular weight is 242 g/mol. The molecule has 1 aliphatic rings. The molecule has 0 spiro atoms. The molecule has 0 saturated heterocycles. The van der Waals surface area contributed by atoms with Crippen molar-refractivity contribution in [1.29, 1.82) is 0 Å². The summed E-state index contributed by atoms with van der Waals surface area (Å²) in [6.07, 6.45) is 7.30. The number of aliphatic carboxylic acids is 1. The zero-order valence-corrected chi connectivity index (χ0v) is 10.5. The number of ether oxygens (including phenoxy) is 1. The summed E-state index contributed by atoms with van der Waals surface area (Å²) in [6.45, 7) is 0. The Morgan fingerprint density at radius 2 is 1.94 bits per heavy atom. The maximum absolute atomic E-state index is 11.2.